The van der Waals surface area contributed by atoms with Gasteiger partial charge in [-0.25, -0.2) is 9.37 Å². The molecular formula is C10H8FN3O2. The van der Waals surface area contributed by atoms with Crippen molar-refractivity contribution in [2.24, 2.45) is 0 Å². The second-order valence-corrected chi connectivity index (χ2v) is 3.06. The SMILES string of the molecule is O=C(Nc1ncc[nH]1)c1ccc(O)cc1F. The van der Waals surface area contributed by atoms with Crippen molar-refractivity contribution < 1.29 is 14.3 Å². The normalized spacial score (nSPS) is 10.1. The molecule has 0 saturated carbocycles. The number of amides is 1. The molecule has 5 nitrogen and oxygen atoms in total. The fourth-order valence-corrected chi connectivity index (χ4v) is 1.20. The zero-order valence-corrected chi connectivity index (χ0v) is 8.07. The van der Waals surface area contributed by atoms with Gasteiger partial charge in [0.1, 0.15) is 11.6 Å². The van der Waals surface area contributed by atoms with Crippen LogP contribution in [0.3, 0.4) is 0 Å². The van der Waals surface area contributed by atoms with Crippen LogP contribution in [0.1, 0.15) is 10.4 Å². The minimum atomic E-state index is -0.788. The predicted molar refractivity (Wildman–Crippen MR) is 54.6 cm³/mol. The topological polar surface area (TPSA) is 78.0 Å². The highest BCUT2D eigenvalue weighted by Crippen LogP contribution is 2.15. The first-order chi connectivity index (χ1) is 7.66. The number of aromatic amines is 1. The number of aromatic hydroxyl groups is 1. The number of aromatic nitrogens is 2. The summed E-state index contributed by atoms with van der Waals surface area (Å²) in [4.78, 5) is 18.0. The Hall–Kier alpha value is -2.37. The number of phenolic OH excluding ortho intramolecular Hbond substituents is 1. The molecule has 3 N–H and O–H groups in total. The van der Waals surface area contributed by atoms with E-state index in [0.29, 0.717) is 0 Å². The Morgan fingerprint density at radius 3 is 2.94 bits per heavy atom. The first-order valence-electron chi connectivity index (χ1n) is 4.46. The van der Waals surface area contributed by atoms with Gasteiger partial charge < -0.3 is 10.1 Å². The molecule has 0 fully saturated rings. The van der Waals surface area contributed by atoms with Crippen molar-refractivity contribution in [1.82, 2.24) is 9.97 Å². The van der Waals surface area contributed by atoms with Crippen molar-refractivity contribution >= 4 is 11.9 Å². The molecule has 82 valence electrons. The van der Waals surface area contributed by atoms with E-state index in [-0.39, 0.29) is 17.3 Å². The molecule has 1 amide bonds. The number of halogens is 1. The number of benzene rings is 1. The van der Waals surface area contributed by atoms with Crippen molar-refractivity contribution in [3.05, 3.63) is 42.0 Å². The van der Waals surface area contributed by atoms with Crippen LogP contribution >= 0.6 is 0 Å². The first-order valence-corrected chi connectivity index (χ1v) is 4.46. The van der Waals surface area contributed by atoms with Gasteiger partial charge in [-0.1, -0.05) is 0 Å². The van der Waals surface area contributed by atoms with E-state index < -0.39 is 11.7 Å². The van der Waals surface area contributed by atoms with Gasteiger partial charge in [0.25, 0.3) is 5.91 Å². The lowest BCUT2D eigenvalue weighted by atomic mass is 10.2. The molecule has 0 saturated heterocycles. The Kier molecular flexibility index (Phi) is 2.55. The van der Waals surface area contributed by atoms with Gasteiger partial charge in [0.2, 0.25) is 5.95 Å². The maximum atomic E-state index is 13.3. The zero-order chi connectivity index (χ0) is 11.5. The molecule has 6 heteroatoms. The molecule has 0 atom stereocenters. The fraction of sp³-hybridized carbons (Fsp3) is 0. The Morgan fingerprint density at radius 2 is 2.31 bits per heavy atom. The number of anilines is 1. The van der Waals surface area contributed by atoms with E-state index >= 15 is 0 Å². The average Bonchev–Trinajstić information content (AvgIpc) is 2.70. The van der Waals surface area contributed by atoms with Crippen LogP contribution in [-0.4, -0.2) is 21.0 Å². The summed E-state index contributed by atoms with van der Waals surface area (Å²) in [5, 5.41) is 11.4. The van der Waals surface area contributed by atoms with Crippen molar-refractivity contribution in [2.45, 2.75) is 0 Å². The summed E-state index contributed by atoms with van der Waals surface area (Å²) < 4.78 is 13.3. The van der Waals surface area contributed by atoms with E-state index in [1.165, 1.54) is 24.5 Å². The number of imidazole rings is 1. The molecule has 0 radical (unpaired) electrons. The van der Waals surface area contributed by atoms with E-state index in [1.54, 1.807) is 0 Å². The number of H-pyrrole nitrogens is 1. The van der Waals surface area contributed by atoms with E-state index in [9.17, 15) is 9.18 Å². The zero-order valence-electron chi connectivity index (χ0n) is 8.07. The summed E-state index contributed by atoms with van der Waals surface area (Å²) in [5.74, 6) is -1.42. The highest BCUT2D eigenvalue weighted by Gasteiger charge is 2.12. The largest absolute Gasteiger partial charge is 0.508 e. The number of hydrogen-bond donors (Lipinski definition) is 3. The standard InChI is InChI=1S/C10H8FN3O2/c11-8-5-6(15)1-2-7(8)9(16)14-10-12-3-4-13-10/h1-5,15H,(H2,12,13,14,16). The van der Waals surface area contributed by atoms with Crippen molar-refractivity contribution in [2.75, 3.05) is 5.32 Å². The van der Waals surface area contributed by atoms with Gasteiger partial charge in [-0.2, -0.15) is 0 Å². The Balaban J connectivity index is 2.21. The summed E-state index contributed by atoms with van der Waals surface area (Å²) in [6.45, 7) is 0. The third-order valence-corrected chi connectivity index (χ3v) is 1.93. The summed E-state index contributed by atoms with van der Waals surface area (Å²) in [6, 6.07) is 3.31. The predicted octanol–water partition coefficient (Wildman–Crippen LogP) is 1.51. The van der Waals surface area contributed by atoms with Crippen molar-refractivity contribution in [3.63, 3.8) is 0 Å². The smallest absolute Gasteiger partial charge is 0.260 e. The molecule has 2 rings (SSSR count). The van der Waals surface area contributed by atoms with Gasteiger partial charge in [-0.05, 0) is 12.1 Å². The third-order valence-electron chi connectivity index (χ3n) is 1.93. The van der Waals surface area contributed by atoms with Crippen LogP contribution in [0.4, 0.5) is 10.3 Å². The molecule has 2 aromatic rings. The summed E-state index contributed by atoms with van der Waals surface area (Å²) in [7, 11) is 0. The summed E-state index contributed by atoms with van der Waals surface area (Å²) in [6.07, 6.45) is 2.99. The third kappa shape index (κ3) is 2.00. The highest BCUT2D eigenvalue weighted by molar-refractivity contribution is 6.03. The lowest BCUT2D eigenvalue weighted by molar-refractivity contribution is 0.102. The molecule has 1 aromatic heterocycles. The van der Waals surface area contributed by atoms with Crippen LogP contribution in [0.2, 0.25) is 0 Å². The number of carbonyl (C=O) groups excluding carboxylic acids is 1. The van der Waals surface area contributed by atoms with Crippen LogP contribution < -0.4 is 5.32 Å². The summed E-state index contributed by atoms with van der Waals surface area (Å²) in [5.41, 5.74) is -0.158. The molecule has 0 aliphatic carbocycles. The van der Waals surface area contributed by atoms with Crippen molar-refractivity contribution in [3.8, 4) is 5.75 Å². The number of nitrogens with zero attached hydrogens (tertiary/aromatic N) is 1. The second kappa shape index (κ2) is 4.01. The maximum absolute atomic E-state index is 13.3. The Labute approximate surface area is 90.0 Å². The van der Waals surface area contributed by atoms with E-state index in [4.69, 9.17) is 5.11 Å². The molecule has 0 aliphatic rings. The van der Waals surface area contributed by atoms with E-state index in [2.05, 4.69) is 15.3 Å². The molecule has 1 aromatic carbocycles. The maximum Gasteiger partial charge on any atom is 0.260 e. The average molecular weight is 221 g/mol. The van der Waals surface area contributed by atoms with Gasteiger partial charge in [0.15, 0.2) is 0 Å². The lowest BCUT2D eigenvalue weighted by Gasteiger charge is -2.03. The molecule has 16 heavy (non-hydrogen) atoms. The van der Waals surface area contributed by atoms with Crippen LogP contribution in [0, 0.1) is 5.82 Å². The molecular weight excluding hydrogens is 213 g/mol. The van der Waals surface area contributed by atoms with E-state index in [0.717, 1.165) is 6.07 Å². The molecule has 0 spiro atoms. The number of carbonyl (C=O) groups is 1. The van der Waals surface area contributed by atoms with Gasteiger partial charge in [0.05, 0.1) is 5.56 Å². The minimum Gasteiger partial charge on any atom is -0.508 e. The summed E-state index contributed by atoms with van der Waals surface area (Å²) >= 11 is 0. The van der Waals surface area contributed by atoms with Gasteiger partial charge >= 0.3 is 0 Å². The molecule has 0 bridgehead atoms. The Bertz CT molecular complexity index is 511. The van der Waals surface area contributed by atoms with Gasteiger partial charge in [-0.3, -0.25) is 10.1 Å². The number of rotatable bonds is 2. The van der Waals surface area contributed by atoms with Crippen LogP contribution in [0.5, 0.6) is 5.75 Å². The lowest BCUT2D eigenvalue weighted by Crippen LogP contribution is -2.14. The van der Waals surface area contributed by atoms with E-state index in [1.807, 2.05) is 0 Å². The number of nitrogens with one attached hydrogen (secondary N) is 2. The fourth-order valence-electron chi connectivity index (χ4n) is 1.20. The van der Waals surface area contributed by atoms with Gasteiger partial charge in [-0.15, -0.1) is 0 Å². The monoisotopic (exact) mass is 221 g/mol. The quantitative estimate of drug-likeness (QED) is 0.719. The van der Waals surface area contributed by atoms with Crippen LogP contribution in [0.25, 0.3) is 0 Å². The number of phenols is 1. The molecule has 1 heterocycles. The minimum absolute atomic E-state index is 0.158. The molecule has 0 unspecified atom stereocenters. The second-order valence-electron chi connectivity index (χ2n) is 3.06. The van der Waals surface area contributed by atoms with Crippen LogP contribution in [0.15, 0.2) is 30.6 Å². The number of hydrogen-bond acceptors (Lipinski definition) is 3. The van der Waals surface area contributed by atoms with Crippen molar-refractivity contribution in [1.29, 1.82) is 0 Å². The van der Waals surface area contributed by atoms with Crippen LogP contribution in [-0.2, 0) is 0 Å². The molecule has 0 aliphatic heterocycles. The Morgan fingerprint density at radius 1 is 1.50 bits per heavy atom. The first kappa shape index (κ1) is 10.2. The van der Waals surface area contributed by atoms with Gasteiger partial charge in [0, 0.05) is 18.5 Å². The highest BCUT2D eigenvalue weighted by atomic mass is 19.1.